The summed E-state index contributed by atoms with van der Waals surface area (Å²) in [6.45, 7) is 0. The topological polar surface area (TPSA) is 12.4 Å². The molecule has 1 rings (SSSR count). The van der Waals surface area contributed by atoms with Crippen molar-refractivity contribution in [3.8, 4) is 0 Å². The molecule has 0 aromatic heterocycles. The first-order valence-corrected chi connectivity index (χ1v) is 5.40. The maximum atomic E-state index is 12.1. The largest absolute Gasteiger partial charge is 0.444 e. The van der Waals surface area contributed by atoms with E-state index in [1.54, 1.807) is 18.2 Å². The van der Waals surface area contributed by atoms with Gasteiger partial charge in [0.2, 0.25) is 5.17 Å². The number of hydrogen-bond donors (Lipinski definition) is 0. The smallest absolute Gasteiger partial charge is 0.232 e. The van der Waals surface area contributed by atoms with Gasteiger partial charge < -0.3 is 0 Å². The van der Waals surface area contributed by atoms with Gasteiger partial charge in [-0.1, -0.05) is 45.7 Å². The van der Waals surface area contributed by atoms with E-state index in [2.05, 4.69) is 20.9 Å². The summed E-state index contributed by atoms with van der Waals surface area (Å²) in [5, 5.41) is -0.940. The molecule has 0 aliphatic heterocycles. The van der Waals surface area contributed by atoms with Crippen LogP contribution in [0.5, 0.6) is 0 Å². The van der Waals surface area contributed by atoms with Crippen LogP contribution in [0.15, 0.2) is 29.3 Å². The number of benzene rings is 1. The van der Waals surface area contributed by atoms with Gasteiger partial charge in [0, 0.05) is 5.33 Å². The van der Waals surface area contributed by atoms with E-state index in [-0.39, 0.29) is 5.69 Å². The lowest BCUT2D eigenvalue weighted by atomic mass is 10.2. The van der Waals surface area contributed by atoms with Gasteiger partial charge in [-0.2, -0.15) is 13.2 Å². The Morgan fingerprint density at radius 1 is 1.33 bits per heavy atom. The Morgan fingerprint density at radius 2 is 1.93 bits per heavy atom. The molecule has 1 aromatic carbocycles. The molecule has 6 heteroatoms. The van der Waals surface area contributed by atoms with E-state index in [0.717, 1.165) is 0 Å². The Balaban J connectivity index is 3.08. The van der Waals surface area contributed by atoms with Gasteiger partial charge in [-0.15, -0.1) is 0 Å². The van der Waals surface area contributed by atoms with E-state index < -0.39 is 11.3 Å². The van der Waals surface area contributed by atoms with Gasteiger partial charge >= 0.3 is 6.18 Å². The molecule has 1 nitrogen and oxygen atoms in total. The summed E-state index contributed by atoms with van der Waals surface area (Å²) in [7, 11) is 0. The summed E-state index contributed by atoms with van der Waals surface area (Å²) in [5.74, 6) is 0. The minimum atomic E-state index is -4.60. The van der Waals surface area contributed by atoms with Crippen molar-refractivity contribution in [3.05, 3.63) is 29.8 Å². The number of aliphatic imine (C=N–C) groups is 1. The number of para-hydroxylation sites is 1. The van der Waals surface area contributed by atoms with Crippen LogP contribution in [0.2, 0.25) is 0 Å². The van der Waals surface area contributed by atoms with Gasteiger partial charge in [-0.05, 0) is 11.6 Å². The second kappa shape index (κ2) is 4.99. The van der Waals surface area contributed by atoms with Crippen molar-refractivity contribution in [1.29, 1.82) is 0 Å². The van der Waals surface area contributed by atoms with Crippen molar-refractivity contribution in [3.63, 3.8) is 0 Å². The Hall–Kier alpha value is -0.550. The Labute approximate surface area is 98.1 Å². The summed E-state index contributed by atoms with van der Waals surface area (Å²) >= 11 is 8.19. The van der Waals surface area contributed by atoms with Crippen LogP contribution in [0, 0.1) is 0 Å². The first kappa shape index (κ1) is 12.5. The zero-order chi connectivity index (χ0) is 11.5. The average Bonchev–Trinajstić information content (AvgIpc) is 2.17. The van der Waals surface area contributed by atoms with E-state index >= 15 is 0 Å². The number of alkyl halides is 4. The molecule has 0 saturated carbocycles. The standard InChI is InChI=1S/C9H6BrClF3N/c10-5-6-3-1-2-4-7(6)15-8(11)9(12,13)14/h1-4H,5H2. The summed E-state index contributed by atoms with van der Waals surface area (Å²) in [5.41, 5.74) is 0.872. The van der Waals surface area contributed by atoms with Gasteiger partial charge in [0.15, 0.2) is 0 Å². The highest BCUT2D eigenvalue weighted by Gasteiger charge is 2.34. The van der Waals surface area contributed by atoms with Crippen molar-refractivity contribution in [1.82, 2.24) is 0 Å². The van der Waals surface area contributed by atoms with Crippen molar-refractivity contribution >= 4 is 38.4 Å². The molecule has 0 bridgehead atoms. The highest BCUT2D eigenvalue weighted by atomic mass is 79.9. The van der Waals surface area contributed by atoms with E-state index in [1.807, 2.05) is 0 Å². The summed E-state index contributed by atoms with van der Waals surface area (Å²) in [6.07, 6.45) is -4.60. The van der Waals surface area contributed by atoms with Crippen LogP contribution in [0.3, 0.4) is 0 Å². The van der Waals surface area contributed by atoms with E-state index in [0.29, 0.717) is 10.9 Å². The lowest BCUT2D eigenvalue weighted by Crippen LogP contribution is -2.16. The molecular formula is C9H6BrClF3N. The lowest BCUT2D eigenvalue weighted by Gasteiger charge is -2.05. The molecule has 0 aliphatic carbocycles. The number of rotatable bonds is 2. The van der Waals surface area contributed by atoms with Crippen LogP contribution in [0.25, 0.3) is 0 Å². The molecule has 0 N–H and O–H groups in total. The fourth-order valence-corrected chi connectivity index (χ4v) is 1.47. The monoisotopic (exact) mass is 299 g/mol. The Morgan fingerprint density at radius 3 is 2.47 bits per heavy atom. The van der Waals surface area contributed by atoms with Gasteiger partial charge in [0.1, 0.15) is 0 Å². The first-order valence-electron chi connectivity index (χ1n) is 3.90. The number of nitrogens with zero attached hydrogens (tertiary/aromatic N) is 1. The summed E-state index contributed by atoms with van der Waals surface area (Å²) < 4.78 is 36.3. The zero-order valence-electron chi connectivity index (χ0n) is 7.35. The number of hydrogen-bond acceptors (Lipinski definition) is 1. The van der Waals surface area contributed by atoms with Crippen LogP contribution in [0.1, 0.15) is 5.56 Å². The second-order valence-corrected chi connectivity index (χ2v) is 3.58. The molecule has 1 aromatic rings. The van der Waals surface area contributed by atoms with Gasteiger partial charge in [-0.3, -0.25) is 0 Å². The zero-order valence-corrected chi connectivity index (χ0v) is 9.70. The predicted molar refractivity (Wildman–Crippen MR) is 58.1 cm³/mol. The molecule has 0 fully saturated rings. The van der Waals surface area contributed by atoms with E-state index in [9.17, 15) is 13.2 Å². The van der Waals surface area contributed by atoms with Crippen molar-refractivity contribution in [2.75, 3.05) is 0 Å². The van der Waals surface area contributed by atoms with Crippen LogP contribution >= 0.6 is 27.5 Å². The molecular weight excluding hydrogens is 294 g/mol. The van der Waals surface area contributed by atoms with Crippen LogP contribution in [0.4, 0.5) is 18.9 Å². The summed E-state index contributed by atoms with van der Waals surface area (Å²) in [4.78, 5) is 3.33. The van der Waals surface area contributed by atoms with Crippen molar-refractivity contribution in [2.24, 2.45) is 4.99 Å². The predicted octanol–water partition coefficient (Wildman–Crippen LogP) is 4.41. The van der Waals surface area contributed by atoms with Crippen LogP contribution in [-0.2, 0) is 5.33 Å². The lowest BCUT2D eigenvalue weighted by molar-refractivity contribution is -0.0558. The van der Waals surface area contributed by atoms with Gasteiger partial charge in [-0.25, -0.2) is 4.99 Å². The highest BCUT2D eigenvalue weighted by Crippen LogP contribution is 2.26. The molecule has 0 spiro atoms. The maximum absolute atomic E-state index is 12.1. The van der Waals surface area contributed by atoms with E-state index in [4.69, 9.17) is 11.6 Å². The van der Waals surface area contributed by atoms with Crippen molar-refractivity contribution < 1.29 is 13.2 Å². The fraction of sp³-hybridized carbons (Fsp3) is 0.222. The highest BCUT2D eigenvalue weighted by molar-refractivity contribution is 9.08. The minimum absolute atomic E-state index is 0.219. The molecule has 0 atom stereocenters. The average molecular weight is 301 g/mol. The van der Waals surface area contributed by atoms with Crippen LogP contribution < -0.4 is 0 Å². The molecule has 0 saturated heterocycles. The fourth-order valence-electron chi connectivity index (χ4n) is 0.902. The molecule has 82 valence electrons. The molecule has 0 unspecified atom stereocenters. The number of halogens is 5. The molecule has 0 amide bonds. The summed E-state index contributed by atoms with van der Waals surface area (Å²) in [6, 6.07) is 6.47. The second-order valence-electron chi connectivity index (χ2n) is 2.66. The first-order chi connectivity index (χ1) is 6.95. The molecule has 0 heterocycles. The SMILES string of the molecule is FC(F)(F)C(Cl)=Nc1ccccc1CBr. The van der Waals surface area contributed by atoms with Crippen molar-refractivity contribution in [2.45, 2.75) is 11.5 Å². The third-order valence-electron chi connectivity index (χ3n) is 1.59. The van der Waals surface area contributed by atoms with Gasteiger partial charge in [0.05, 0.1) is 5.69 Å². The quantitative estimate of drug-likeness (QED) is 0.566. The Kier molecular flexibility index (Phi) is 4.16. The van der Waals surface area contributed by atoms with Crippen LogP contribution in [-0.4, -0.2) is 11.3 Å². The normalized spacial score (nSPS) is 13.0. The third-order valence-corrected chi connectivity index (χ3v) is 2.49. The molecule has 0 radical (unpaired) electrons. The molecule has 0 aliphatic rings. The minimum Gasteiger partial charge on any atom is -0.232 e. The molecule has 15 heavy (non-hydrogen) atoms. The Bertz CT molecular complexity index is 376. The maximum Gasteiger partial charge on any atom is 0.444 e. The third kappa shape index (κ3) is 3.50. The van der Waals surface area contributed by atoms with E-state index in [1.165, 1.54) is 6.07 Å². The van der Waals surface area contributed by atoms with Gasteiger partial charge in [0.25, 0.3) is 0 Å².